The van der Waals surface area contributed by atoms with Gasteiger partial charge in [0.15, 0.2) is 0 Å². The van der Waals surface area contributed by atoms with Crippen molar-refractivity contribution < 1.29 is 18.3 Å². The molecule has 0 aliphatic carbocycles. The molecule has 0 aliphatic heterocycles. The number of aromatic nitrogens is 1. The lowest BCUT2D eigenvalue weighted by atomic mass is 10.1. The van der Waals surface area contributed by atoms with Gasteiger partial charge < -0.3 is 10.1 Å². The predicted molar refractivity (Wildman–Crippen MR) is 110 cm³/mol. The third-order valence-electron chi connectivity index (χ3n) is 4.69. The number of para-hydroxylation sites is 2. The van der Waals surface area contributed by atoms with Gasteiger partial charge in [-0.3, -0.25) is 14.2 Å². The van der Waals surface area contributed by atoms with E-state index in [4.69, 9.17) is 4.74 Å². The second-order valence-electron chi connectivity index (χ2n) is 6.51. The number of nitrogens with one attached hydrogen (secondary N) is 1. The van der Waals surface area contributed by atoms with Crippen LogP contribution in [0.4, 0.5) is 14.5 Å². The average molecular weight is 406 g/mol. The van der Waals surface area contributed by atoms with Gasteiger partial charge in [0.25, 0.3) is 11.5 Å². The third-order valence-corrected chi connectivity index (χ3v) is 4.69. The van der Waals surface area contributed by atoms with Gasteiger partial charge in [0.2, 0.25) is 0 Å². The fraction of sp³-hybridized carbons (Fsp3) is 0.0435. The number of amides is 1. The molecule has 4 rings (SSSR count). The highest BCUT2D eigenvalue weighted by atomic mass is 19.1. The quantitative estimate of drug-likeness (QED) is 0.542. The van der Waals surface area contributed by atoms with Crippen molar-refractivity contribution in [3.05, 3.63) is 100 Å². The molecule has 0 atom stereocenters. The summed E-state index contributed by atoms with van der Waals surface area (Å²) in [7, 11) is 1.48. The molecule has 7 heteroatoms. The van der Waals surface area contributed by atoms with Crippen LogP contribution in [0.3, 0.4) is 0 Å². The van der Waals surface area contributed by atoms with E-state index in [1.54, 1.807) is 48.5 Å². The smallest absolute Gasteiger partial charge is 0.263 e. The lowest BCUT2D eigenvalue weighted by molar-refractivity contribution is 0.102. The van der Waals surface area contributed by atoms with Crippen LogP contribution in [0.2, 0.25) is 0 Å². The van der Waals surface area contributed by atoms with Gasteiger partial charge in [0.1, 0.15) is 17.4 Å². The Labute approximate surface area is 170 Å². The van der Waals surface area contributed by atoms with Crippen LogP contribution in [0.25, 0.3) is 16.5 Å². The second-order valence-corrected chi connectivity index (χ2v) is 6.51. The number of carbonyl (C=O) groups is 1. The summed E-state index contributed by atoms with van der Waals surface area (Å²) in [6, 6.07) is 16.3. The maximum absolute atomic E-state index is 14.4. The standard InChI is InChI=1S/C23H16F2N2O3/c1-30-21-9-5-4-8-19(21)26-22(28)17-13-27(20-11-10-14(24)12-18(20)25)23(29)16-7-3-2-6-15(16)17/h2-13H,1H3,(H,26,28). The van der Waals surface area contributed by atoms with Crippen molar-refractivity contribution in [3.63, 3.8) is 0 Å². The van der Waals surface area contributed by atoms with E-state index >= 15 is 0 Å². The zero-order valence-corrected chi connectivity index (χ0v) is 15.9. The van der Waals surface area contributed by atoms with Gasteiger partial charge in [-0.2, -0.15) is 0 Å². The Morgan fingerprint density at radius 1 is 0.967 bits per heavy atom. The van der Waals surface area contributed by atoms with E-state index in [0.717, 1.165) is 16.7 Å². The Hall–Kier alpha value is -4.00. The van der Waals surface area contributed by atoms with Crippen LogP contribution in [-0.2, 0) is 0 Å². The molecule has 0 saturated heterocycles. The first-order valence-corrected chi connectivity index (χ1v) is 9.04. The van der Waals surface area contributed by atoms with Crippen molar-refractivity contribution in [1.82, 2.24) is 4.57 Å². The molecule has 0 spiro atoms. The van der Waals surface area contributed by atoms with E-state index in [9.17, 15) is 18.4 Å². The van der Waals surface area contributed by atoms with Crippen molar-refractivity contribution in [2.24, 2.45) is 0 Å². The molecular weight excluding hydrogens is 390 g/mol. The number of benzene rings is 3. The average Bonchev–Trinajstić information content (AvgIpc) is 2.75. The third kappa shape index (κ3) is 3.41. The van der Waals surface area contributed by atoms with Gasteiger partial charge >= 0.3 is 0 Å². The highest BCUT2D eigenvalue weighted by Gasteiger charge is 2.18. The number of hydrogen-bond donors (Lipinski definition) is 1. The maximum Gasteiger partial charge on any atom is 0.263 e. The molecule has 0 fully saturated rings. The van der Waals surface area contributed by atoms with E-state index in [0.29, 0.717) is 22.9 Å². The number of halogens is 2. The van der Waals surface area contributed by atoms with Crippen LogP contribution < -0.4 is 15.6 Å². The summed E-state index contributed by atoms with van der Waals surface area (Å²) in [4.78, 5) is 26.0. The van der Waals surface area contributed by atoms with Crippen molar-refractivity contribution in [3.8, 4) is 11.4 Å². The van der Waals surface area contributed by atoms with Crippen LogP contribution in [0, 0.1) is 11.6 Å². The van der Waals surface area contributed by atoms with Crippen LogP contribution in [-0.4, -0.2) is 17.6 Å². The van der Waals surface area contributed by atoms with E-state index in [2.05, 4.69) is 5.32 Å². The van der Waals surface area contributed by atoms with E-state index in [-0.39, 0.29) is 16.6 Å². The minimum Gasteiger partial charge on any atom is -0.495 e. The van der Waals surface area contributed by atoms with Crippen molar-refractivity contribution in [2.75, 3.05) is 12.4 Å². The van der Waals surface area contributed by atoms with Gasteiger partial charge in [-0.15, -0.1) is 0 Å². The number of pyridine rings is 1. The molecule has 1 amide bonds. The monoisotopic (exact) mass is 406 g/mol. The van der Waals surface area contributed by atoms with Gasteiger partial charge in [0, 0.05) is 23.0 Å². The summed E-state index contributed by atoms with van der Waals surface area (Å²) >= 11 is 0. The Morgan fingerprint density at radius 2 is 1.67 bits per heavy atom. The number of methoxy groups -OCH3 is 1. The molecule has 0 aliphatic rings. The predicted octanol–water partition coefficient (Wildman–Crippen LogP) is 4.53. The van der Waals surface area contributed by atoms with Gasteiger partial charge in [-0.05, 0) is 30.3 Å². The molecule has 4 aromatic rings. The topological polar surface area (TPSA) is 60.3 Å². The van der Waals surface area contributed by atoms with Crippen LogP contribution in [0.15, 0.2) is 77.7 Å². The molecule has 0 bridgehead atoms. The molecule has 30 heavy (non-hydrogen) atoms. The Bertz CT molecular complexity index is 1330. The van der Waals surface area contributed by atoms with E-state index in [1.165, 1.54) is 13.3 Å². The zero-order chi connectivity index (χ0) is 21.3. The van der Waals surface area contributed by atoms with Crippen LogP contribution >= 0.6 is 0 Å². The second kappa shape index (κ2) is 7.79. The number of ether oxygens (including phenoxy) is 1. The molecule has 1 heterocycles. The minimum absolute atomic E-state index is 0.153. The van der Waals surface area contributed by atoms with Gasteiger partial charge in [0.05, 0.1) is 24.0 Å². The highest BCUT2D eigenvalue weighted by Crippen LogP contribution is 2.25. The first kappa shape index (κ1) is 19.3. The van der Waals surface area contributed by atoms with E-state index < -0.39 is 23.1 Å². The summed E-state index contributed by atoms with van der Waals surface area (Å²) in [5.74, 6) is -1.72. The Balaban J connectivity index is 1.90. The van der Waals surface area contributed by atoms with Crippen molar-refractivity contribution in [2.45, 2.75) is 0 Å². The molecule has 150 valence electrons. The maximum atomic E-state index is 14.4. The molecule has 3 aromatic carbocycles. The molecule has 0 radical (unpaired) electrons. The van der Waals surface area contributed by atoms with Crippen molar-refractivity contribution in [1.29, 1.82) is 0 Å². The number of nitrogens with zero attached hydrogens (tertiary/aromatic N) is 1. The summed E-state index contributed by atoms with van der Waals surface area (Å²) in [5.41, 5.74) is -0.0805. The SMILES string of the molecule is COc1ccccc1NC(=O)c1cn(-c2ccc(F)cc2F)c(=O)c2ccccc12. The molecule has 0 saturated carbocycles. The van der Waals surface area contributed by atoms with Gasteiger partial charge in [-0.1, -0.05) is 30.3 Å². The summed E-state index contributed by atoms with van der Waals surface area (Å²) in [6.07, 6.45) is 1.26. The van der Waals surface area contributed by atoms with E-state index in [1.807, 2.05) is 0 Å². The largest absolute Gasteiger partial charge is 0.495 e. The fourth-order valence-corrected chi connectivity index (χ4v) is 3.27. The molecule has 1 aromatic heterocycles. The molecule has 0 unspecified atom stereocenters. The lowest BCUT2D eigenvalue weighted by Gasteiger charge is -2.14. The first-order valence-electron chi connectivity index (χ1n) is 9.04. The number of anilines is 1. The molecule has 5 nitrogen and oxygen atoms in total. The van der Waals surface area contributed by atoms with Crippen LogP contribution in [0.1, 0.15) is 10.4 Å². The first-order chi connectivity index (χ1) is 14.5. The number of hydrogen-bond acceptors (Lipinski definition) is 3. The fourth-order valence-electron chi connectivity index (χ4n) is 3.27. The summed E-state index contributed by atoms with van der Waals surface area (Å²) in [6.45, 7) is 0. The lowest BCUT2D eigenvalue weighted by Crippen LogP contribution is -2.23. The Morgan fingerprint density at radius 3 is 2.40 bits per heavy atom. The number of fused-ring (bicyclic) bond motifs is 1. The summed E-state index contributed by atoms with van der Waals surface area (Å²) < 4.78 is 34.0. The minimum atomic E-state index is -0.913. The van der Waals surface area contributed by atoms with Gasteiger partial charge in [-0.25, -0.2) is 8.78 Å². The van der Waals surface area contributed by atoms with Crippen molar-refractivity contribution >= 4 is 22.4 Å². The number of carbonyl (C=O) groups excluding carboxylic acids is 1. The number of rotatable bonds is 4. The summed E-state index contributed by atoms with van der Waals surface area (Å²) in [5, 5.41) is 3.40. The highest BCUT2D eigenvalue weighted by molar-refractivity contribution is 6.13. The normalized spacial score (nSPS) is 10.8. The zero-order valence-electron chi connectivity index (χ0n) is 15.9. The molecular formula is C23H16F2N2O3. The Kier molecular flexibility index (Phi) is 5.02. The van der Waals surface area contributed by atoms with Crippen LogP contribution in [0.5, 0.6) is 5.75 Å². The molecule has 1 N–H and O–H groups in total.